The van der Waals surface area contributed by atoms with Crippen molar-refractivity contribution >= 4 is 22.8 Å². The van der Waals surface area contributed by atoms with Gasteiger partial charge < -0.3 is 25.3 Å². The standard InChI is InChI=1S/C20H29N5O2/c1-25(2)19(26)14-24-20(23-13-16-6-5-11-27-16)21-10-9-15-12-22-18-8-4-3-7-17(15)18/h3-4,7-8,12,16,22H,5-6,9-11,13-14H2,1-2H3,(H2,21,23,24). The highest BCUT2D eigenvalue weighted by molar-refractivity contribution is 5.85. The number of fused-ring (bicyclic) bond motifs is 1. The molecule has 1 atom stereocenters. The number of carbonyl (C=O) groups excluding carboxylic acids is 1. The van der Waals surface area contributed by atoms with Gasteiger partial charge in [-0.25, -0.2) is 4.99 Å². The fraction of sp³-hybridized carbons (Fsp3) is 0.500. The Morgan fingerprint density at radius 1 is 1.33 bits per heavy atom. The van der Waals surface area contributed by atoms with Crippen LogP contribution in [0.1, 0.15) is 18.4 Å². The van der Waals surface area contributed by atoms with Crippen molar-refractivity contribution in [1.29, 1.82) is 0 Å². The molecule has 3 rings (SSSR count). The van der Waals surface area contributed by atoms with Gasteiger partial charge in [-0.05, 0) is 30.9 Å². The van der Waals surface area contributed by atoms with Crippen molar-refractivity contribution in [2.45, 2.75) is 25.4 Å². The predicted molar refractivity (Wildman–Crippen MR) is 108 cm³/mol. The molecule has 7 heteroatoms. The van der Waals surface area contributed by atoms with E-state index in [0.29, 0.717) is 12.5 Å². The van der Waals surface area contributed by atoms with E-state index in [1.54, 1.807) is 19.0 Å². The highest BCUT2D eigenvalue weighted by Crippen LogP contribution is 2.17. The van der Waals surface area contributed by atoms with Crippen LogP contribution in [0.2, 0.25) is 0 Å². The molecule has 0 saturated carbocycles. The van der Waals surface area contributed by atoms with Gasteiger partial charge >= 0.3 is 0 Å². The van der Waals surface area contributed by atoms with Crippen molar-refractivity contribution in [2.75, 3.05) is 40.3 Å². The monoisotopic (exact) mass is 371 g/mol. The first kappa shape index (κ1) is 19.2. The topological polar surface area (TPSA) is 81.8 Å². The molecule has 1 aliphatic rings. The maximum Gasteiger partial charge on any atom is 0.243 e. The van der Waals surface area contributed by atoms with Crippen LogP contribution >= 0.6 is 0 Å². The van der Waals surface area contributed by atoms with Gasteiger partial charge in [0.25, 0.3) is 0 Å². The number of amides is 1. The van der Waals surface area contributed by atoms with Gasteiger partial charge in [0.2, 0.25) is 5.91 Å². The van der Waals surface area contributed by atoms with Crippen LogP contribution in [0.4, 0.5) is 0 Å². The first-order valence-corrected chi connectivity index (χ1v) is 9.52. The number of benzene rings is 1. The van der Waals surface area contributed by atoms with Crippen molar-refractivity contribution in [2.24, 2.45) is 4.99 Å². The first-order chi connectivity index (χ1) is 13.1. The third kappa shape index (κ3) is 5.47. The molecule has 2 heterocycles. The third-order valence-corrected chi connectivity index (χ3v) is 4.75. The average molecular weight is 371 g/mol. The van der Waals surface area contributed by atoms with Gasteiger partial charge in [-0.3, -0.25) is 4.79 Å². The van der Waals surface area contributed by atoms with Crippen LogP contribution in [0, 0.1) is 0 Å². The van der Waals surface area contributed by atoms with Crippen molar-refractivity contribution < 1.29 is 9.53 Å². The molecule has 3 N–H and O–H groups in total. The van der Waals surface area contributed by atoms with Crippen molar-refractivity contribution in [1.82, 2.24) is 20.5 Å². The van der Waals surface area contributed by atoms with Crippen LogP contribution in [0.15, 0.2) is 35.5 Å². The lowest BCUT2D eigenvalue weighted by Crippen LogP contribution is -2.42. The molecule has 2 aromatic rings. The summed E-state index contributed by atoms with van der Waals surface area (Å²) in [6.07, 6.45) is 5.30. The Morgan fingerprint density at radius 3 is 2.96 bits per heavy atom. The number of ether oxygens (including phenoxy) is 1. The predicted octanol–water partition coefficient (Wildman–Crippen LogP) is 1.51. The lowest BCUT2D eigenvalue weighted by molar-refractivity contribution is -0.127. The van der Waals surface area contributed by atoms with Crippen LogP contribution in [0.25, 0.3) is 10.9 Å². The molecule has 1 unspecified atom stereocenters. The molecule has 1 aliphatic heterocycles. The van der Waals surface area contributed by atoms with Gasteiger partial charge in [0.1, 0.15) is 6.54 Å². The smallest absolute Gasteiger partial charge is 0.243 e. The number of rotatable bonds is 7. The number of carbonyl (C=O) groups is 1. The Kier molecular flexibility index (Phi) is 6.70. The lowest BCUT2D eigenvalue weighted by atomic mass is 10.1. The maximum absolute atomic E-state index is 11.8. The summed E-state index contributed by atoms with van der Waals surface area (Å²) in [6, 6.07) is 8.29. The first-order valence-electron chi connectivity index (χ1n) is 9.52. The molecule has 0 bridgehead atoms. The van der Waals surface area contributed by atoms with Crippen molar-refractivity contribution in [3.8, 4) is 0 Å². The Labute approximate surface area is 160 Å². The summed E-state index contributed by atoms with van der Waals surface area (Å²) in [6.45, 7) is 2.39. The number of likely N-dealkylation sites (N-methyl/N-ethyl adjacent to an activating group) is 1. The zero-order valence-corrected chi connectivity index (χ0v) is 16.1. The molecule has 1 saturated heterocycles. The molecule has 146 valence electrons. The zero-order valence-electron chi connectivity index (χ0n) is 16.1. The quantitative estimate of drug-likeness (QED) is 0.509. The molecule has 0 radical (unpaired) electrons. The summed E-state index contributed by atoms with van der Waals surface area (Å²) < 4.78 is 5.65. The Morgan fingerprint density at radius 2 is 2.19 bits per heavy atom. The van der Waals surface area contributed by atoms with Gasteiger partial charge in [0.05, 0.1) is 6.10 Å². The number of guanidine groups is 1. The minimum atomic E-state index is -0.0233. The number of hydrogen-bond acceptors (Lipinski definition) is 3. The second kappa shape index (κ2) is 9.41. The molecule has 27 heavy (non-hydrogen) atoms. The SMILES string of the molecule is CN(C)C(=O)CN=C(NCCc1c[nH]c2ccccc12)NCC1CCCO1. The molecule has 1 amide bonds. The van der Waals surface area contributed by atoms with E-state index in [9.17, 15) is 4.79 Å². The van der Waals surface area contributed by atoms with E-state index >= 15 is 0 Å². The Bertz CT molecular complexity index is 778. The maximum atomic E-state index is 11.8. The summed E-state index contributed by atoms with van der Waals surface area (Å²) in [7, 11) is 3.48. The van der Waals surface area contributed by atoms with Gasteiger partial charge in [-0.1, -0.05) is 18.2 Å². The molecular formula is C20H29N5O2. The van der Waals surface area contributed by atoms with E-state index in [0.717, 1.165) is 37.9 Å². The summed E-state index contributed by atoms with van der Waals surface area (Å²) in [5.74, 6) is 0.630. The fourth-order valence-corrected chi connectivity index (χ4v) is 3.13. The van der Waals surface area contributed by atoms with E-state index in [1.807, 2.05) is 6.07 Å². The van der Waals surface area contributed by atoms with E-state index < -0.39 is 0 Å². The van der Waals surface area contributed by atoms with E-state index in [2.05, 4.69) is 45.0 Å². The van der Waals surface area contributed by atoms with Crippen LogP contribution < -0.4 is 10.6 Å². The minimum Gasteiger partial charge on any atom is -0.376 e. The molecular weight excluding hydrogens is 342 g/mol. The van der Waals surface area contributed by atoms with Crippen LogP contribution in [-0.2, 0) is 16.0 Å². The molecule has 1 aromatic carbocycles. The molecule has 0 aliphatic carbocycles. The van der Waals surface area contributed by atoms with Crippen molar-refractivity contribution in [3.05, 3.63) is 36.0 Å². The highest BCUT2D eigenvalue weighted by Gasteiger charge is 2.16. The second-order valence-electron chi connectivity index (χ2n) is 7.01. The van der Waals surface area contributed by atoms with Crippen LogP contribution in [0.3, 0.4) is 0 Å². The third-order valence-electron chi connectivity index (χ3n) is 4.75. The van der Waals surface area contributed by atoms with Gasteiger partial charge in [0.15, 0.2) is 5.96 Å². The summed E-state index contributed by atoms with van der Waals surface area (Å²) >= 11 is 0. The lowest BCUT2D eigenvalue weighted by Gasteiger charge is -2.16. The van der Waals surface area contributed by atoms with Gasteiger partial charge in [-0.2, -0.15) is 0 Å². The number of para-hydroxylation sites is 1. The Hall–Kier alpha value is -2.54. The number of aromatic amines is 1. The number of hydrogen-bond donors (Lipinski definition) is 3. The Balaban J connectivity index is 1.56. The number of H-pyrrole nitrogens is 1. The number of nitrogens with zero attached hydrogens (tertiary/aromatic N) is 2. The molecule has 1 fully saturated rings. The number of aromatic nitrogens is 1. The summed E-state index contributed by atoms with van der Waals surface area (Å²) in [4.78, 5) is 21.1. The van der Waals surface area contributed by atoms with Crippen LogP contribution in [-0.4, -0.2) is 68.2 Å². The van der Waals surface area contributed by atoms with E-state index in [-0.39, 0.29) is 18.6 Å². The molecule has 1 aromatic heterocycles. The highest BCUT2D eigenvalue weighted by atomic mass is 16.5. The van der Waals surface area contributed by atoms with Gasteiger partial charge in [-0.15, -0.1) is 0 Å². The summed E-state index contributed by atoms with van der Waals surface area (Å²) in [5.41, 5.74) is 2.41. The zero-order chi connectivity index (χ0) is 19.1. The average Bonchev–Trinajstić information content (AvgIpc) is 3.33. The fourth-order valence-electron chi connectivity index (χ4n) is 3.13. The summed E-state index contributed by atoms with van der Waals surface area (Å²) in [5, 5.41) is 7.89. The van der Waals surface area contributed by atoms with E-state index in [1.165, 1.54) is 10.9 Å². The van der Waals surface area contributed by atoms with Gasteiger partial charge in [0, 0.05) is 50.9 Å². The van der Waals surface area contributed by atoms with E-state index in [4.69, 9.17) is 4.74 Å². The normalized spacial score (nSPS) is 17.3. The second-order valence-corrected chi connectivity index (χ2v) is 7.01. The van der Waals surface area contributed by atoms with Crippen molar-refractivity contribution in [3.63, 3.8) is 0 Å². The minimum absolute atomic E-state index is 0.0233. The van der Waals surface area contributed by atoms with Crippen LogP contribution in [0.5, 0.6) is 0 Å². The largest absolute Gasteiger partial charge is 0.376 e. The molecule has 7 nitrogen and oxygen atoms in total. The number of nitrogens with one attached hydrogen (secondary N) is 3. The molecule has 0 spiro atoms. The number of aliphatic imine (C=N–C) groups is 1.